The number of aromatic nitrogens is 2. The minimum atomic E-state index is -0.179. The predicted molar refractivity (Wildman–Crippen MR) is 122 cm³/mol. The molecule has 4 rings (SSSR count). The highest BCUT2D eigenvalue weighted by Gasteiger charge is 2.23. The first-order valence-electron chi connectivity index (χ1n) is 10.5. The summed E-state index contributed by atoms with van der Waals surface area (Å²) in [7, 11) is 0. The number of para-hydroxylation sites is 1. The van der Waals surface area contributed by atoms with Crippen molar-refractivity contribution in [1.29, 1.82) is 0 Å². The molecule has 0 aliphatic carbocycles. The molecule has 2 unspecified atom stereocenters. The second kappa shape index (κ2) is 9.64. The third-order valence-corrected chi connectivity index (χ3v) is 5.71. The number of carbonyl (C=O) groups excluding carboxylic acids is 1. The van der Waals surface area contributed by atoms with Crippen LogP contribution in [-0.4, -0.2) is 45.9 Å². The summed E-state index contributed by atoms with van der Waals surface area (Å²) in [5.74, 6) is -0.179. The Bertz CT molecular complexity index is 1040. The van der Waals surface area contributed by atoms with E-state index in [-0.39, 0.29) is 18.1 Å². The number of anilines is 1. The van der Waals surface area contributed by atoms with Gasteiger partial charge in [0.25, 0.3) is 5.91 Å². The van der Waals surface area contributed by atoms with Gasteiger partial charge in [-0.05, 0) is 37.1 Å². The lowest BCUT2D eigenvalue weighted by molar-refractivity contribution is -0.0704. The predicted octanol–water partition coefficient (Wildman–Crippen LogP) is 4.45. The first-order chi connectivity index (χ1) is 15.0. The average molecular weight is 439 g/mol. The van der Waals surface area contributed by atoms with E-state index < -0.39 is 0 Å². The van der Waals surface area contributed by atoms with Crippen molar-refractivity contribution in [2.75, 3.05) is 18.4 Å². The molecule has 6 nitrogen and oxygen atoms in total. The van der Waals surface area contributed by atoms with Crippen LogP contribution in [0.25, 0.3) is 0 Å². The van der Waals surface area contributed by atoms with Crippen molar-refractivity contribution >= 4 is 23.2 Å². The van der Waals surface area contributed by atoms with Crippen molar-refractivity contribution < 1.29 is 9.53 Å². The van der Waals surface area contributed by atoms with Crippen molar-refractivity contribution in [3.63, 3.8) is 0 Å². The molecule has 1 N–H and O–H groups in total. The standard InChI is InChI=1S/C24H27ClN4O2/c1-17-12-28(13-18(2)31-17)14-20-8-4-6-10-23(20)27-24(30)21-11-26-29(16-21)15-19-7-3-5-9-22(19)25/h3-11,16-18H,12-15H2,1-2H3,(H,27,30). The Kier molecular flexibility index (Phi) is 6.70. The number of carbonyl (C=O) groups is 1. The Morgan fingerprint density at radius 3 is 2.48 bits per heavy atom. The molecular formula is C24H27ClN4O2. The van der Waals surface area contributed by atoms with Gasteiger partial charge in [0, 0.05) is 36.5 Å². The van der Waals surface area contributed by atoms with Gasteiger partial charge in [-0.25, -0.2) is 0 Å². The van der Waals surface area contributed by atoms with E-state index in [2.05, 4.69) is 35.2 Å². The minimum absolute atomic E-state index is 0.179. The molecule has 3 aromatic rings. The second-order valence-corrected chi connectivity index (χ2v) is 8.49. The quantitative estimate of drug-likeness (QED) is 0.617. The number of ether oxygens (including phenoxy) is 1. The van der Waals surface area contributed by atoms with Crippen LogP contribution in [0.15, 0.2) is 60.9 Å². The fraction of sp³-hybridized carbons (Fsp3) is 0.333. The van der Waals surface area contributed by atoms with Crippen LogP contribution in [0.1, 0.15) is 35.3 Å². The van der Waals surface area contributed by atoms with Crippen molar-refractivity contribution in [3.05, 3.63) is 82.6 Å². The monoisotopic (exact) mass is 438 g/mol. The molecule has 0 radical (unpaired) electrons. The first kappa shape index (κ1) is 21.6. The molecule has 1 aliphatic rings. The molecule has 2 atom stereocenters. The van der Waals surface area contributed by atoms with Crippen LogP contribution < -0.4 is 5.32 Å². The molecule has 0 spiro atoms. The molecule has 0 bridgehead atoms. The summed E-state index contributed by atoms with van der Waals surface area (Å²) in [5, 5.41) is 8.06. The third kappa shape index (κ3) is 5.53. The van der Waals surface area contributed by atoms with Crippen LogP contribution in [0.2, 0.25) is 5.02 Å². The van der Waals surface area contributed by atoms with Gasteiger partial charge in [0.05, 0.1) is 30.5 Å². The second-order valence-electron chi connectivity index (χ2n) is 8.08. The summed E-state index contributed by atoms with van der Waals surface area (Å²) in [5.41, 5.74) is 3.37. The van der Waals surface area contributed by atoms with E-state index in [1.165, 1.54) is 0 Å². The average Bonchev–Trinajstić information content (AvgIpc) is 3.19. The molecule has 1 aliphatic heterocycles. The maximum absolute atomic E-state index is 12.9. The maximum atomic E-state index is 12.9. The van der Waals surface area contributed by atoms with E-state index in [9.17, 15) is 4.79 Å². The number of halogens is 1. The van der Waals surface area contributed by atoms with E-state index in [0.29, 0.717) is 17.1 Å². The fourth-order valence-electron chi connectivity index (χ4n) is 4.00. The lowest BCUT2D eigenvalue weighted by Gasteiger charge is -2.35. The van der Waals surface area contributed by atoms with Gasteiger partial charge in [0.1, 0.15) is 0 Å². The lowest BCUT2D eigenvalue weighted by atomic mass is 10.1. The summed E-state index contributed by atoms with van der Waals surface area (Å²) in [6.45, 7) is 7.22. The van der Waals surface area contributed by atoms with Crippen molar-refractivity contribution in [2.45, 2.75) is 39.1 Å². The summed E-state index contributed by atoms with van der Waals surface area (Å²) < 4.78 is 7.55. The molecule has 2 aromatic carbocycles. The van der Waals surface area contributed by atoms with Gasteiger partial charge in [-0.15, -0.1) is 0 Å². The highest BCUT2D eigenvalue weighted by Crippen LogP contribution is 2.21. The molecule has 31 heavy (non-hydrogen) atoms. The smallest absolute Gasteiger partial charge is 0.258 e. The Morgan fingerprint density at radius 2 is 1.74 bits per heavy atom. The van der Waals surface area contributed by atoms with Gasteiger partial charge in [-0.2, -0.15) is 5.10 Å². The zero-order valence-corrected chi connectivity index (χ0v) is 18.5. The third-order valence-electron chi connectivity index (χ3n) is 5.34. The van der Waals surface area contributed by atoms with E-state index in [4.69, 9.17) is 16.3 Å². The normalized spacial score (nSPS) is 19.3. The number of nitrogens with zero attached hydrogens (tertiary/aromatic N) is 3. The Labute approximate surface area is 187 Å². The number of hydrogen-bond donors (Lipinski definition) is 1. The van der Waals surface area contributed by atoms with E-state index in [1.54, 1.807) is 17.1 Å². The number of hydrogen-bond acceptors (Lipinski definition) is 4. The van der Waals surface area contributed by atoms with Crippen LogP contribution >= 0.6 is 11.6 Å². The SMILES string of the molecule is CC1CN(Cc2ccccc2NC(=O)c2cnn(Cc3ccccc3Cl)c2)CC(C)O1. The zero-order chi connectivity index (χ0) is 21.8. The van der Waals surface area contributed by atoms with Crippen molar-refractivity contribution in [1.82, 2.24) is 14.7 Å². The summed E-state index contributed by atoms with van der Waals surface area (Å²) in [4.78, 5) is 15.2. The van der Waals surface area contributed by atoms with Gasteiger partial charge < -0.3 is 10.1 Å². The number of rotatable bonds is 6. The van der Waals surface area contributed by atoms with Crippen LogP contribution in [0, 0.1) is 0 Å². The topological polar surface area (TPSA) is 59.4 Å². The Hall–Kier alpha value is -2.67. The molecule has 1 fully saturated rings. The van der Waals surface area contributed by atoms with Gasteiger partial charge in [0.2, 0.25) is 0 Å². The van der Waals surface area contributed by atoms with Crippen molar-refractivity contribution in [2.24, 2.45) is 0 Å². The van der Waals surface area contributed by atoms with Gasteiger partial charge in [0.15, 0.2) is 0 Å². The van der Waals surface area contributed by atoms with Gasteiger partial charge in [-0.3, -0.25) is 14.4 Å². The highest BCUT2D eigenvalue weighted by molar-refractivity contribution is 6.31. The lowest BCUT2D eigenvalue weighted by Crippen LogP contribution is -2.44. The number of benzene rings is 2. The van der Waals surface area contributed by atoms with Crippen LogP contribution in [0.4, 0.5) is 5.69 Å². The molecule has 162 valence electrons. The van der Waals surface area contributed by atoms with Crippen LogP contribution in [-0.2, 0) is 17.8 Å². The van der Waals surface area contributed by atoms with E-state index in [0.717, 1.165) is 36.4 Å². The first-order valence-corrected chi connectivity index (χ1v) is 10.9. The van der Waals surface area contributed by atoms with Crippen LogP contribution in [0.5, 0.6) is 0 Å². The summed E-state index contributed by atoms with van der Waals surface area (Å²) in [6.07, 6.45) is 3.73. The highest BCUT2D eigenvalue weighted by atomic mass is 35.5. The van der Waals surface area contributed by atoms with E-state index in [1.807, 2.05) is 42.5 Å². The van der Waals surface area contributed by atoms with Gasteiger partial charge >= 0.3 is 0 Å². The molecule has 1 amide bonds. The number of morpholine rings is 1. The maximum Gasteiger partial charge on any atom is 0.258 e. The summed E-state index contributed by atoms with van der Waals surface area (Å²) >= 11 is 6.23. The Balaban J connectivity index is 1.43. The van der Waals surface area contributed by atoms with Gasteiger partial charge in [-0.1, -0.05) is 48.0 Å². The minimum Gasteiger partial charge on any atom is -0.373 e. The molecule has 1 aromatic heterocycles. The molecule has 1 saturated heterocycles. The van der Waals surface area contributed by atoms with E-state index >= 15 is 0 Å². The fourth-order valence-corrected chi connectivity index (χ4v) is 4.19. The largest absolute Gasteiger partial charge is 0.373 e. The molecule has 2 heterocycles. The van der Waals surface area contributed by atoms with Crippen LogP contribution in [0.3, 0.4) is 0 Å². The number of amides is 1. The molecular weight excluding hydrogens is 412 g/mol. The molecule has 7 heteroatoms. The van der Waals surface area contributed by atoms with Crippen molar-refractivity contribution in [3.8, 4) is 0 Å². The summed E-state index contributed by atoms with van der Waals surface area (Å²) in [6, 6.07) is 15.6. The Morgan fingerprint density at radius 1 is 1.06 bits per heavy atom. The molecule has 0 saturated carbocycles. The number of nitrogens with one attached hydrogen (secondary N) is 1. The zero-order valence-electron chi connectivity index (χ0n) is 17.8.